The van der Waals surface area contributed by atoms with Crippen LogP contribution in [0, 0.1) is 0 Å². The smallest absolute Gasteiger partial charge is 0.146 e. The van der Waals surface area contributed by atoms with Crippen molar-refractivity contribution in [2.75, 3.05) is 52.9 Å². The number of nitrogens with zero attached hydrogens (tertiary/aromatic N) is 2. The van der Waals surface area contributed by atoms with Crippen LogP contribution in [0.3, 0.4) is 0 Å². The van der Waals surface area contributed by atoms with Crippen molar-refractivity contribution in [2.24, 2.45) is 10.2 Å². The first-order valence-corrected chi connectivity index (χ1v) is 12.3. The average molecular weight is 485 g/mol. The van der Waals surface area contributed by atoms with Gasteiger partial charge in [0.15, 0.2) is 0 Å². The Balaban J connectivity index is 1.95. The fourth-order valence-electron chi connectivity index (χ4n) is 3.44. The van der Waals surface area contributed by atoms with Crippen LogP contribution < -0.4 is 9.47 Å². The third kappa shape index (κ3) is 8.60. The Morgan fingerprint density at radius 1 is 0.514 bits per heavy atom. The maximum Gasteiger partial charge on any atom is 0.146 e. The predicted octanol–water partition coefficient (Wildman–Crippen LogP) is 6.52. The second-order valence-corrected chi connectivity index (χ2v) is 10.6. The maximum atomic E-state index is 6.02. The first kappa shape index (κ1) is 27.1. The van der Waals surface area contributed by atoms with Crippen LogP contribution in [0.15, 0.2) is 46.6 Å². The lowest BCUT2D eigenvalue weighted by atomic mass is 9.87. The summed E-state index contributed by atoms with van der Waals surface area (Å²) in [7, 11) is 0. The molecule has 0 unspecified atom stereocenters. The van der Waals surface area contributed by atoms with Gasteiger partial charge in [-0.1, -0.05) is 53.7 Å². The number of hydrogen-bond donors (Lipinski definition) is 0. The lowest BCUT2D eigenvalue weighted by Gasteiger charge is -2.21. The molecular formula is C28H40N2O5. The summed E-state index contributed by atoms with van der Waals surface area (Å²) in [4.78, 5) is 0. The van der Waals surface area contributed by atoms with Crippen molar-refractivity contribution in [1.82, 2.24) is 0 Å². The van der Waals surface area contributed by atoms with E-state index in [1.54, 1.807) is 0 Å². The van der Waals surface area contributed by atoms with Gasteiger partial charge in [0, 0.05) is 0 Å². The van der Waals surface area contributed by atoms with Crippen LogP contribution in [0.4, 0.5) is 11.4 Å². The molecule has 7 heteroatoms. The topological polar surface area (TPSA) is 70.9 Å². The summed E-state index contributed by atoms with van der Waals surface area (Å²) in [6.07, 6.45) is 0. The Morgan fingerprint density at radius 3 is 1.20 bits per heavy atom. The minimum atomic E-state index is -0.0292. The van der Waals surface area contributed by atoms with Crippen LogP contribution in [0.25, 0.3) is 0 Å². The third-order valence-corrected chi connectivity index (χ3v) is 5.63. The lowest BCUT2D eigenvalue weighted by molar-refractivity contribution is 0.00506. The highest BCUT2D eigenvalue weighted by Crippen LogP contribution is 2.38. The summed E-state index contributed by atoms with van der Waals surface area (Å²) in [6, 6.07) is 12.2. The van der Waals surface area contributed by atoms with Gasteiger partial charge in [-0.05, 0) is 46.2 Å². The summed E-state index contributed by atoms with van der Waals surface area (Å²) in [5.41, 5.74) is 3.60. The molecule has 0 saturated carbocycles. The molecule has 35 heavy (non-hydrogen) atoms. The van der Waals surface area contributed by atoms with E-state index in [0.29, 0.717) is 75.7 Å². The minimum Gasteiger partial charge on any atom is -0.489 e. The molecule has 0 spiro atoms. The highest BCUT2D eigenvalue weighted by atomic mass is 16.6. The van der Waals surface area contributed by atoms with E-state index in [1.807, 2.05) is 24.3 Å². The Morgan fingerprint density at radius 2 is 0.857 bits per heavy atom. The van der Waals surface area contributed by atoms with Gasteiger partial charge in [0.2, 0.25) is 0 Å². The molecule has 2 aromatic carbocycles. The SMILES string of the molecule is CC(C)(C)c1ccc2c(c1)N=Nc1cc(C(C)(C)C)ccc1OCCOCCOCCOCCO2. The van der Waals surface area contributed by atoms with Crippen LogP contribution >= 0.6 is 0 Å². The lowest BCUT2D eigenvalue weighted by Crippen LogP contribution is -2.14. The van der Waals surface area contributed by atoms with Gasteiger partial charge in [-0.2, -0.15) is 0 Å². The number of benzene rings is 2. The summed E-state index contributed by atoms with van der Waals surface area (Å²) in [5.74, 6) is 1.34. The number of hydrogen-bond acceptors (Lipinski definition) is 7. The van der Waals surface area contributed by atoms with Gasteiger partial charge in [-0.15, -0.1) is 10.2 Å². The molecule has 0 radical (unpaired) electrons. The largest absolute Gasteiger partial charge is 0.489 e. The molecule has 0 saturated heterocycles. The maximum absolute atomic E-state index is 6.02. The van der Waals surface area contributed by atoms with E-state index in [2.05, 4.69) is 63.9 Å². The molecule has 7 nitrogen and oxygen atoms in total. The molecule has 192 valence electrons. The van der Waals surface area contributed by atoms with Crippen LogP contribution in [0.2, 0.25) is 0 Å². The molecule has 1 heterocycles. The van der Waals surface area contributed by atoms with E-state index in [4.69, 9.17) is 23.7 Å². The van der Waals surface area contributed by atoms with Gasteiger partial charge in [0.25, 0.3) is 0 Å². The minimum absolute atomic E-state index is 0.0292. The third-order valence-electron chi connectivity index (χ3n) is 5.63. The fourth-order valence-corrected chi connectivity index (χ4v) is 3.44. The Kier molecular flexibility index (Phi) is 9.66. The van der Waals surface area contributed by atoms with E-state index in [9.17, 15) is 0 Å². The molecule has 2 aromatic rings. The standard InChI is InChI=1S/C28H40N2O5/c1-27(2,3)21-7-9-25-23(19-21)29-30-24-20-22(28(4,5)6)8-10-26(24)35-18-16-33-14-12-31-11-13-32-15-17-34-25/h7-10,19-20H,11-18H2,1-6H3. The zero-order chi connectivity index (χ0) is 25.3. The summed E-state index contributed by atoms with van der Waals surface area (Å²) < 4.78 is 28.8. The van der Waals surface area contributed by atoms with Gasteiger partial charge in [0.05, 0.1) is 39.6 Å². The van der Waals surface area contributed by atoms with E-state index in [1.165, 1.54) is 0 Å². The van der Waals surface area contributed by atoms with Crippen molar-refractivity contribution in [2.45, 2.75) is 52.4 Å². The molecule has 3 rings (SSSR count). The van der Waals surface area contributed by atoms with Crippen molar-refractivity contribution in [1.29, 1.82) is 0 Å². The quantitative estimate of drug-likeness (QED) is 0.426. The Hall–Kier alpha value is -2.48. The normalized spacial score (nSPS) is 17.1. The van der Waals surface area contributed by atoms with Gasteiger partial charge in [-0.3, -0.25) is 0 Å². The molecule has 0 aliphatic carbocycles. The highest BCUT2D eigenvalue weighted by Gasteiger charge is 2.18. The highest BCUT2D eigenvalue weighted by molar-refractivity contribution is 5.57. The number of ether oxygens (including phenoxy) is 5. The monoisotopic (exact) mass is 484 g/mol. The molecule has 1 aliphatic heterocycles. The molecule has 0 fully saturated rings. The molecule has 0 N–H and O–H groups in total. The predicted molar refractivity (Wildman–Crippen MR) is 138 cm³/mol. The molecule has 0 aromatic heterocycles. The Bertz CT molecular complexity index is 899. The number of azo groups is 1. The van der Waals surface area contributed by atoms with Gasteiger partial charge < -0.3 is 23.7 Å². The number of rotatable bonds is 0. The van der Waals surface area contributed by atoms with Gasteiger partial charge in [0.1, 0.15) is 36.1 Å². The van der Waals surface area contributed by atoms with Crippen molar-refractivity contribution in [3.05, 3.63) is 47.5 Å². The van der Waals surface area contributed by atoms with Crippen molar-refractivity contribution < 1.29 is 23.7 Å². The van der Waals surface area contributed by atoms with Crippen LogP contribution in [-0.4, -0.2) is 52.9 Å². The van der Waals surface area contributed by atoms with E-state index in [-0.39, 0.29) is 10.8 Å². The zero-order valence-electron chi connectivity index (χ0n) is 22.1. The van der Waals surface area contributed by atoms with Crippen LogP contribution in [-0.2, 0) is 25.0 Å². The van der Waals surface area contributed by atoms with E-state index in [0.717, 1.165) is 11.1 Å². The van der Waals surface area contributed by atoms with Crippen LogP contribution in [0.1, 0.15) is 52.7 Å². The van der Waals surface area contributed by atoms with Gasteiger partial charge in [-0.25, -0.2) is 0 Å². The summed E-state index contributed by atoms with van der Waals surface area (Å²) in [5, 5.41) is 9.26. The second-order valence-electron chi connectivity index (χ2n) is 10.6. The average Bonchev–Trinajstić information content (AvgIpc) is 2.79. The van der Waals surface area contributed by atoms with E-state index < -0.39 is 0 Å². The first-order chi connectivity index (χ1) is 16.6. The summed E-state index contributed by atoms with van der Waals surface area (Å²) in [6.45, 7) is 16.8. The Labute approximate surface area is 209 Å². The molecule has 0 amide bonds. The van der Waals surface area contributed by atoms with Crippen molar-refractivity contribution in [3.63, 3.8) is 0 Å². The van der Waals surface area contributed by atoms with Crippen molar-refractivity contribution >= 4 is 11.4 Å². The zero-order valence-corrected chi connectivity index (χ0v) is 22.1. The fraction of sp³-hybridized carbons (Fsp3) is 0.571. The number of fused-ring (bicyclic) bond motifs is 2. The molecule has 0 atom stereocenters. The van der Waals surface area contributed by atoms with Gasteiger partial charge >= 0.3 is 0 Å². The van der Waals surface area contributed by atoms with Crippen LogP contribution in [0.5, 0.6) is 11.5 Å². The second kappa shape index (κ2) is 12.5. The molecule has 1 aliphatic rings. The molecule has 0 bridgehead atoms. The van der Waals surface area contributed by atoms with Crippen molar-refractivity contribution in [3.8, 4) is 11.5 Å². The van der Waals surface area contributed by atoms with E-state index >= 15 is 0 Å². The summed E-state index contributed by atoms with van der Waals surface area (Å²) >= 11 is 0. The first-order valence-electron chi connectivity index (χ1n) is 12.3. The molecular weight excluding hydrogens is 444 g/mol.